The first-order valence-corrected chi connectivity index (χ1v) is 14.5. The first-order valence-electron chi connectivity index (χ1n) is 13.1. The molecule has 0 unspecified atom stereocenters. The van der Waals surface area contributed by atoms with Crippen LogP contribution in [-0.2, 0) is 34.4 Å². The van der Waals surface area contributed by atoms with Crippen molar-refractivity contribution in [1.29, 1.82) is 5.26 Å². The maximum Gasteiger partial charge on any atom is 0.534 e. The predicted molar refractivity (Wildman–Crippen MR) is 143 cm³/mol. The number of carbonyl (C=O) groups is 1. The van der Waals surface area contributed by atoms with Gasteiger partial charge in [0.05, 0.1) is 0 Å². The number of halogens is 3. The Balaban J connectivity index is 1.72. The van der Waals surface area contributed by atoms with Crippen molar-refractivity contribution in [3.05, 3.63) is 52.6 Å². The highest BCUT2D eigenvalue weighted by molar-refractivity contribution is 7.88. The molecule has 1 aromatic carbocycles. The van der Waals surface area contributed by atoms with Gasteiger partial charge in [-0.3, -0.25) is 4.90 Å². The van der Waals surface area contributed by atoms with Crippen molar-refractivity contribution in [2.45, 2.75) is 64.4 Å². The second-order valence-corrected chi connectivity index (χ2v) is 12.6. The fraction of sp³-hybridized carbons (Fsp3) is 0.519. The summed E-state index contributed by atoms with van der Waals surface area (Å²) in [5.41, 5.74) is -4.73. The lowest BCUT2D eigenvalue weighted by Crippen LogP contribution is -2.55. The van der Waals surface area contributed by atoms with Gasteiger partial charge < -0.3 is 18.7 Å². The molecule has 1 aromatic heterocycles. The van der Waals surface area contributed by atoms with E-state index in [1.54, 1.807) is 25.7 Å². The monoisotopic (exact) mass is 595 g/mol. The molecule has 1 fully saturated rings. The van der Waals surface area contributed by atoms with E-state index in [4.69, 9.17) is 4.74 Å². The molecule has 1 atom stereocenters. The van der Waals surface area contributed by atoms with Crippen LogP contribution in [-0.4, -0.2) is 72.6 Å². The first kappa shape index (κ1) is 30.4. The second kappa shape index (κ2) is 11.4. The summed E-state index contributed by atoms with van der Waals surface area (Å²) in [5, 5.41) is 9.96. The lowest BCUT2D eigenvalue weighted by Gasteiger charge is -2.42. The molecular weight excluding hydrogens is 563 g/mol. The van der Waals surface area contributed by atoms with Gasteiger partial charge in [0.1, 0.15) is 23.1 Å². The first-order chi connectivity index (χ1) is 19.1. The molecule has 10 nitrogen and oxygen atoms in total. The van der Waals surface area contributed by atoms with Crippen LogP contribution >= 0.6 is 0 Å². The lowest BCUT2D eigenvalue weighted by molar-refractivity contribution is -0.0501. The summed E-state index contributed by atoms with van der Waals surface area (Å²) in [6.45, 7) is 9.11. The third-order valence-corrected chi connectivity index (χ3v) is 7.75. The molecule has 0 bridgehead atoms. The number of hydrogen-bond donors (Lipinski definition) is 0. The van der Waals surface area contributed by atoms with Crippen molar-refractivity contribution < 1.29 is 35.3 Å². The van der Waals surface area contributed by atoms with Crippen molar-refractivity contribution in [2.75, 3.05) is 31.1 Å². The molecule has 222 valence electrons. The molecule has 2 aliphatic heterocycles. The van der Waals surface area contributed by atoms with Crippen LogP contribution in [0.2, 0.25) is 0 Å². The third-order valence-electron chi connectivity index (χ3n) is 6.80. The minimum absolute atomic E-state index is 0.178. The second-order valence-electron chi connectivity index (χ2n) is 11.1. The Kier molecular flexibility index (Phi) is 8.42. The Hall–Kier alpha value is -3.57. The minimum atomic E-state index is -6.09. The number of nitriles is 1. The normalized spacial score (nSPS) is 18.4. The van der Waals surface area contributed by atoms with E-state index < -0.39 is 33.2 Å². The van der Waals surface area contributed by atoms with E-state index in [1.807, 2.05) is 48.2 Å². The zero-order valence-electron chi connectivity index (χ0n) is 23.2. The number of rotatable bonds is 5. The summed E-state index contributed by atoms with van der Waals surface area (Å²) >= 11 is 0. The third kappa shape index (κ3) is 6.84. The number of ether oxygens (including phenoxy) is 1. The Morgan fingerprint density at radius 1 is 1.12 bits per heavy atom. The van der Waals surface area contributed by atoms with E-state index in [-0.39, 0.29) is 43.6 Å². The molecule has 0 N–H and O–H groups in total. The van der Waals surface area contributed by atoms with Crippen molar-refractivity contribution in [3.63, 3.8) is 0 Å². The van der Waals surface area contributed by atoms with Gasteiger partial charge in [-0.05, 0) is 45.2 Å². The summed E-state index contributed by atoms with van der Waals surface area (Å²) in [6, 6.07) is 11.0. The number of anilines is 1. The van der Waals surface area contributed by atoms with Crippen molar-refractivity contribution >= 4 is 22.0 Å². The minimum Gasteiger partial charge on any atom is -0.444 e. The van der Waals surface area contributed by atoms with E-state index >= 15 is 0 Å². The van der Waals surface area contributed by atoms with Crippen LogP contribution in [0.1, 0.15) is 49.9 Å². The topological polar surface area (TPSA) is 116 Å². The molecule has 0 radical (unpaired) electrons. The van der Waals surface area contributed by atoms with Crippen LogP contribution in [0.5, 0.6) is 5.88 Å². The van der Waals surface area contributed by atoms with Crippen LogP contribution in [0.4, 0.5) is 23.8 Å². The molecule has 0 saturated carbocycles. The molecule has 4 rings (SSSR count). The summed E-state index contributed by atoms with van der Waals surface area (Å²) < 4.78 is 73.7. The average molecular weight is 596 g/mol. The predicted octanol–water partition coefficient (Wildman–Crippen LogP) is 4.19. The largest absolute Gasteiger partial charge is 0.534 e. The van der Waals surface area contributed by atoms with E-state index in [9.17, 15) is 31.6 Å². The number of piperazine rings is 1. The van der Waals surface area contributed by atoms with Gasteiger partial charge in [0.15, 0.2) is 0 Å². The number of nitrogens with zero attached hydrogens (tertiary/aromatic N) is 5. The zero-order chi connectivity index (χ0) is 30.2. The molecular formula is C27H32F3N5O5S. The van der Waals surface area contributed by atoms with Gasteiger partial charge in [0.2, 0.25) is 0 Å². The quantitative estimate of drug-likeness (QED) is 0.371. The molecule has 1 amide bonds. The number of aromatic nitrogens is 1. The van der Waals surface area contributed by atoms with Gasteiger partial charge in [0, 0.05) is 50.9 Å². The molecule has 2 aliphatic rings. The maximum absolute atomic E-state index is 13.3. The van der Waals surface area contributed by atoms with Crippen molar-refractivity contribution in [2.24, 2.45) is 0 Å². The lowest BCUT2D eigenvalue weighted by atomic mass is 9.95. The van der Waals surface area contributed by atoms with Gasteiger partial charge in [-0.15, -0.1) is 0 Å². The Bertz CT molecular complexity index is 1440. The average Bonchev–Trinajstić information content (AvgIpc) is 2.87. The number of pyridine rings is 1. The number of alkyl halides is 3. The molecule has 3 heterocycles. The summed E-state index contributed by atoms with van der Waals surface area (Å²) in [7, 11) is -6.09. The fourth-order valence-corrected chi connectivity index (χ4v) is 5.37. The Morgan fingerprint density at radius 3 is 2.39 bits per heavy atom. The van der Waals surface area contributed by atoms with E-state index in [0.29, 0.717) is 30.6 Å². The van der Waals surface area contributed by atoms with E-state index in [2.05, 4.69) is 9.17 Å². The standard InChI is InChI=1S/C27H32F3N5O5S/c1-18-15-34(25(36)39-26(2,3)4)12-13-35(18)23-20-10-11-33(16-19-8-6-5-7-9-19)17-22(20)21(14-31)24(32-23)40-41(37,38)27(28,29)30/h5-9,18H,10-13,15-17H2,1-4H3/t18-/m0/s1. The number of benzene rings is 1. The Labute approximate surface area is 237 Å². The highest BCUT2D eigenvalue weighted by Gasteiger charge is 2.49. The van der Waals surface area contributed by atoms with Gasteiger partial charge >= 0.3 is 21.7 Å². The van der Waals surface area contributed by atoms with Crippen LogP contribution in [0.3, 0.4) is 0 Å². The van der Waals surface area contributed by atoms with Gasteiger partial charge in [-0.2, -0.15) is 31.8 Å². The van der Waals surface area contributed by atoms with E-state index in [1.165, 1.54) is 4.90 Å². The van der Waals surface area contributed by atoms with Crippen LogP contribution in [0.25, 0.3) is 0 Å². The highest BCUT2D eigenvalue weighted by Crippen LogP contribution is 2.38. The summed E-state index contributed by atoms with van der Waals surface area (Å²) in [6.07, 6.45) is -0.0690. The number of carbonyl (C=O) groups excluding carboxylic acids is 1. The molecule has 0 spiro atoms. The SMILES string of the molecule is C[C@H]1CN(C(=O)OC(C)(C)C)CCN1c1nc(OS(=O)(=O)C(F)(F)F)c(C#N)c2c1CCN(Cc1ccccc1)C2. The van der Waals surface area contributed by atoms with Crippen molar-refractivity contribution in [3.8, 4) is 11.9 Å². The van der Waals surface area contributed by atoms with Crippen LogP contribution < -0.4 is 9.08 Å². The molecule has 14 heteroatoms. The van der Waals surface area contributed by atoms with Gasteiger partial charge in [0.25, 0.3) is 5.88 Å². The van der Waals surface area contributed by atoms with Crippen LogP contribution in [0, 0.1) is 11.3 Å². The number of hydrogen-bond acceptors (Lipinski definition) is 9. The number of fused-ring (bicyclic) bond motifs is 1. The van der Waals surface area contributed by atoms with Gasteiger partial charge in [-0.1, -0.05) is 30.3 Å². The smallest absolute Gasteiger partial charge is 0.444 e. The summed E-state index contributed by atoms with van der Waals surface area (Å²) in [4.78, 5) is 22.2. The molecule has 0 aliphatic carbocycles. The summed E-state index contributed by atoms with van der Waals surface area (Å²) in [5.74, 6) is -0.677. The van der Waals surface area contributed by atoms with Gasteiger partial charge in [-0.25, -0.2) is 4.79 Å². The molecule has 1 saturated heterocycles. The molecule has 2 aromatic rings. The number of amides is 1. The zero-order valence-corrected chi connectivity index (χ0v) is 24.0. The van der Waals surface area contributed by atoms with Crippen LogP contribution in [0.15, 0.2) is 30.3 Å². The maximum atomic E-state index is 13.3. The highest BCUT2D eigenvalue weighted by atomic mass is 32.2. The molecule has 41 heavy (non-hydrogen) atoms. The van der Waals surface area contributed by atoms with E-state index in [0.717, 1.165) is 5.56 Å². The fourth-order valence-electron chi connectivity index (χ4n) is 4.95. The van der Waals surface area contributed by atoms with Crippen molar-refractivity contribution in [1.82, 2.24) is 14.8 Å². The Morgan fingerprint density at radius 2 is 1.80 bits per heavy atom.